The first-order chi connectivity index (χ1) is 13.7. The van der Waals surface area contributed by atoms with Crippen molar-refractivity contribution in [3.63, 3.8) is 0 Å². The van der Waals surface area contributed by atoms with Crippen LogP contribution in [0.2, 0.25) is 0 Å². The summed E-state index contributed by atoms with van der Waals surface area (Å²) in [5.41, 5.74) is 2.16. The Labute approximate surface area is 196 Å². The number of ether oxygens (including phenoxy) is 1. The molecule has 0 radical (unpaired) electrons. The molecule has 0 aliphatic rings. The zero-order chi connectivity index (χ0) is 19.3. The summed E-state index contributed by atoms with van der Waals surface area (Å²) in [6.45, 7) is 0.213. The van der Waals surface area contributed by atoms with Gasteiger partial charge in [0.25, 0.3) is 0 Å². The molecular weight excluding hydrogens is 393 g/mol. The van der Waals surface area contributed by atoms with Gasteiger partial charge in [0.2, 0.25) is 0 Å². The maximum Gasteiger partial charge on any atom is 1.00 e. The average Bonchev–Trinajstić information content (AvgIpc) is 3.13. The summed E-state index contributed by atoms with van der Waals surface area (Å²) in [7, 11) is 0. The van der Waals surface area contributed by atoms with Gasteiger partial charge in [0.05, 0.1) is 0 Å². The monoisotopic (exact) mass is 409 g/mol. The molecule has 0 unspecified atom stereocenters. The average molecular weight is 409 g/mol. The van der Waals surface area contributed by atoms with Crippen LogP contribution in [0, 0.1) is 0 Å². The molecule has 4 rings (SSSR count). The first-order valence-electron chi connectivity index (χ1n) is 8.72. The molecule has 7 heteroatoms. The van der Waals surface area contributed by atoms with Gasteiger partial charge in [-0.05, 0) is 36.4 Å². The second-order valence-corrected chi connectivity index (χ2v) is 6.44. The topological polar surface area (TPSA) is 57.0 Å². The van der Waals surface area contributed by atoms with Crippen LogP contribution < -0.4 is 34.3 Å². The number of benzene rings is 3. The standard InChI is InChI=1S/C22H17N3O2S.Na/c26-21(16-7-3-1-4-8-16)17-11-13-19(14-12-17)27-15-20-23-24-22(28)25(20)18-9-5-2-6-10-18;/h1-14H,15H2,(H,24,28);/q;+1/p-1. The summed E-state index contributed by atoms with van der Waals surface area (Å²) in [5.74, 6) is 1.23. The molecule has 0 saturated heterocycles. The van der Waals surface area contributed by atoms with E-state index >= 15 is 0 Å². The molecule has 0 aliphatic heterocycles. The van der Waals surface area contributed by atoms with Crippen molar-refractivity contribution in [1.82, 2.24) is 14.8 Å². The molecule has 3 aromatic carbocycles. The zero-order valence-electron chi connectivity index (χ0n) is 15.9. The fraction of sp³-hybridized carbons (Fsp3) is 0.0455. The van der Waals surface area contributed by atoms with E-state index in [2.05, 4.69) is 10.2 Å². The van der Waals surface area contributed by atoms with Crippen molar-refractivity contribution < 1.29 is 39.1 Å². The summed E-state index contributed by atoms with van der Waals surface area (Å²) < 4.78 is 7.61. The Bertz CT molecular complexity index is 1080. The second-order valence-electron chi connectivity index (χ2n) is 6.08. The Balaban J connectivity index is 0.00000240. The van der Waals surface area contributed by atoms with Gasteiger partial charge in [0, 0.05) is 22.0 Å². The molecule has 0 atom stereocenters. The summed E-state index contributed by atoms with van der Waals surface area (Å²) >= 11 is 5.27. The van der Waals surface area contributed by atoms with Crippen molar-refractivity contribution in [3.05, 3.63) is 102 Å². The fourth-order valence-corrected chi connectivity index (χ4v) is 3.09. The fourth-order valence-electron chi connectivity index (χ4n) is 2.84. The molecule has 138 valence electrons. The molecule has 5 nitrogen and oxygen atoms in total. The van der Waals surface area contributed by atoms with E-state index in [4.69, 9.17) is 17.4 Å². The Morgan fingerprint density at radius 3 is 2.07 bits per heavy atom. The number of aromatic nitrogens is 3. The number of hydrogen-bond donors (Lipinski definition) is 0. The molecule has 0 bridgehead atoms. The molecule has 0 saturated carbocycles. The van der Waals surface area contributed by atoms with Crippen LogP contribution in [0.15, 0.2) is 90.1 Å². The summed E-state index contributed by atoms with van der Waals surface area (Å²) in [4.78, 5) is 12.5. The van der Waals surface area contributed by atoms with Gasteiger partial charge in [0.1, 0.15) is 12.4 Å². The second kappa shape index (κ2) is 9.80. The minimum absolute atomic E-state index is 0. The third-order valence-electron chi connectivity index (χ3n) is 4.24. The molecule has 4 aromatic rings. The number of nitrogens with zero attached hydrogens (tertiary/aromatic N) is 3. The third-order valence-corrected chi connectivity index (χ3v) is 4.50. The predicted octanol–water partition coefficient (Wildman–Crippen LogP) is 0.987. The number of carbonyl (C=O) groups is 1. The van der Waals surface area contributed by atoms with E-state index in [1.54, 1.807) is 41.0 Å². The van der Waals surface area contributed by atoms with Crippen LogP contribution in [0.5, 0.6) is 5.75 Å². The Kier molecular flexibility index (Phi) is 7.17. The number of rotatable bonds is 6. The first kappa shape index (κ1) is 21.2. The Morgan fingerprint density at radius 1 is 0.828 bits per heavy atom. The molecule has 0 aliphatic carbocycles. The van der Waals surface area contributed by atoms with E-state index in [9.17, 15) is 4.79 Å². The number of carbonyl (C=O) groups excluding carboxylic acids is 1. The minimum atomic E-state index is -0.0216. The van der Waals surface area contributed by atoms with Crippen molar-refractivity contribution in [3.8, 4) is 11.4 Å². The quantitative estimate of drug-likeness (QED) is 0.270. The van der Waals surface area contributed by atoms with Crippen molar-refractivity contribution >= 4 is 18.4 Å². The van der Waals surface area contributed by atoms with Gasteiger partial charge in [-0.2, -0.15) is 5.10 Å². The molecule has 0 fully saturated rings. The summed E-state index contributed by atoms with van der Waals surface area (Å²) in [6.07, 6.45) is 0. The number of para-hydroxylation sites is 1. The van der Waals surface area contributed by atoms with Crippen molar-refractivity contribution in [2.45, 2.75) is 11.8 Å². The maximum absolute atomic E-state index is 12.5. The molecule has 1 aromatic heterocycles. The van der Waals surface area contributed by atoms with Gasteiger partial charge in [-0.3, -0.25) is 4.79 Å². The summed E-state index contributed by atoms with van der Waals surface area (Å²) in [6, 6.07) is 25.9. The Morgan fingerprint density at radius 2 is 1.41 bits per heavy atom. The predicted molar refractivity (Wildman–Crippen MR) is 108 cm³/mol. The van der Waals surface area contributed by atoms with Gasteiger partial charge < -0.3 is 21.9 Å². The van der Waals surface area contributed by atoms with E-state index in [-0.39, 0.29) is 41.9 Å². The molecule has 29 heavy (non-hydrogen) atoms. The normalized spacial score (nSPS) is 10.2. The van der Waals surface area contributed by atoms with Crippen LogP contribution in [-0.4, -0.2) is 20.5 Å². The smallest absolute Gasteiger partial charge is 0.740 e. The van der Waals surface area contributed by atoms with E-state index in [0.717, 1.165) is 5.69 Å². The van der Waals surface area contributed by atoms with E-state index in [1.807, 2.05) is 48.5 Å². The largest absolute Gasteiger partial charge is 1.00 e. The van der Waals surface area contributed by atoms with E-state index in [0.29, 0.717) is 27.9 Å². The first-order valence-corrected chi connectivity index (χ1v) is 9.12. The SMILES string of the molecule is O=C(c1ccccc1)c1ccc(OCc2nnc([S-])n2-c2ccccc2)cc1.[Na+]. The number of ketones is 1. The maximum atomic E-state index is 12.5. The molecule has 0 N–H and O–H groups in total. The van der Waals surface area contributed by atoms with Crippen LogP contribution >= 0.6 is 0 Å². The number of hydrogen-bond acceptors (Lipinski definition) is 5. The summed E-state index contributed by atoms with van der Waals surface area (Å²) in [5, 5.41) is 8.48. The van der Waals surface area contributed by atoms with Gasteiger partial charge in [-0.25, -0.2) is 0 Å². The minimum Gasteiger partial charge on any atom is -0.740 e. The van der Waals surface area contributed by atoms with Crippen molar-refractivity contribution in [1.29, 1.82) is 0 Å². The van der Waals surface area contributed by atoms with Crippen molar-refractivity contribution in [2.24, 2.45) is 0 Å². The van der Waals surface area contributed by atoms with Gasteiger partial charge >= 0.3 is 29.6 Å². The third kappa shape index (κ3) is 4.92. The van der Waals surface area contributed by atoms with Gasteiger partial charge in [0.15, 0.2) is 11.6 Å². The zero-order valence-corrected chi connectivity index (χ0v) is 18.7. The van der Waals surface area contributed by atoms with Gasteiger partial charge in [-0.1, -0.05) is 48.5 Å². The Hall–Kier alpha value is -2.51. The van der Waals surface area contributed by atoms with Crippen molar-refractivity contribution in [2.75, 3.05) is 0 Å². The molecule has 0 amide bonds. The van der Waals surface area contributed by atoms with Crippen LogP contribution in [0.1, 0.15) is 21.7 Å². The van der Waals surface area contributed by atoms with Crippen LogP contribution in [0.25, 0.3) is 5.69 Å². The van der Waals surface area contributed by atoms with Gasteiger partial charge in [-0.15, -0.1) is 5.10 Å². The van der Waals surface area contributed by atoms with Crippen LogP contribution in [0.4, 0.5) is 0 Å². The van der Waals surface area contributed by atoms with E-state index in [1.165, 1.54) is 0 Å². The van der Waals surface area contributed by atoms with E-state index < -0.39 is 0 Å². The van der Waals surface area contributed by atoms with Crippen LogP contribution in [0.3, 0.4) is 0 Å². The molecule has 0 spiro atoms. The molecule has 1 heterocycles. The van der Waals surface area contributed by atoms with Crippen LogP contribution in [-0.2, 0) is 19.2 Å². The molecular formula is C22H16N3NaO2S.